The maximum absolute atomic E-state index is 12.7. The first kappa shape index (κ1) is 18.1. The van der Waals surface area contributed by atoms with Crippen LogP contribution >= 0.6 is 0 Å². The summed E-state index contributed by atoms with van der Waals surface area (Å²) in [6.45, 7) is 5.54. The number of fused-ring (bicyclic) bond motifs is 2. The van der Waals surface area contributed by atoms with Gasteiger partial charge in [-0.05, 0) is 32.4 Å². The molecular formula is C21H23NO4. The zero-order valence-corrected chi connectivity index (χ0v) is 15.0. The van der Waals surface area contributed by atoms with Gasteiger partial charge in [-0.2, -0.15) is 0 Å². The topological polar surface area (TPSA) is 75.6 Å². The van der Waals surface area contributed by atoms with E-state index in [1.807, 2.05) is 0 Å². The van der Waals surface area contributed by atoms with E-state index in [-0.39, 0.29) is 28.4 Å². The molecule has 1 atom stereocenters. The molecule has 136 valence electrons. The van der Waals surface area contributed by atoms with Gasteiger partial charge in [-0.15, -0.1) is 0 Å². The Morgan fingerprint density at radius 1 is 1.08 bits per heavy atom. The number of phenols is 1. The Morgan fingerprint density at radius 2 is 1.77 bits per heavy atom. The minimum Gasteiger partial charge on any atom is -0.507 e. The highest BCUT2D eigenvalue weighted by Crippen LogP contribution is 2.35. The SMILES string of the molecule is CCC(C)NCCCOc1cc(O)c2c(c1)C(=O)c1ccccc1C2=O. The van der Waals surface area contributed by atoms with E-state index in [4.69, 9.17) is 4.74 Å². The highest BCUT2D eigenvalue weighted by Gasteiger charge is 2.32. The van der Waals surface area contributed by atoms with Crippen LogP contribution < -0.4 is 10.1 Å². The maximum atomic E-state index is 12.7. The Bertz CT molecular complexity index is 844. The van der Waals surface area contributed by atoms with Crippen LogP contribution in [0.3, 0.4) is 0 Å². The van der Waals surface area contributed by atoms with Crippen LogP contribution in [-0.2, 0) is 0 Å². The van der Waals surface area contributed by atoms with Crippen molar-refractivity contribution >= 4 is 11.6 Å². The molecular weight excluding hydrogens is 330 g/mol. The summed E-state index contributed by atoms with van der Waals surface area (Å²) >= 11 is 0. The fourth-order valence-electron chi connectivity index (χ4n) is 3.02. The van der Waals surface area contributed by atoms with E-state index in [1.54, 1.807) is 30.3 Å². The molecule has 0 radical (unpaired) electrons. The lowest BCUT2D eigenvalue weighted by atomic mass is 9.83. The smallest absolute Gasteiger partial charge is 0.198 e. The van der Waals surface area contributed by atoms with E-state index < -0.39 is 0 Å². The van der Waals surface area contributed by atoms with Crippen LogP contribution in [0.25, 0.3) is 0 Å². The minimum atomic E-state index is -0.336. The molecule has 0 fully saturated rings. The molecule has 0 amide bonds. The van der Waals surface area contributed by atoms with Crippen LogP contribution in [-0.4, -0.2) is 35.9 Å². The maximum Gasteiger partial charge on any atom is 0.198 e. The van der Waals surface area contributed by atoms with Gasteiger partial charge in [-0.25, -0.2) is 0 Å². The van der Waals surface area contributed by atoms with Crippen LogP contribution in [0, 0.1) is 0 Å². The zero-order valence-electron chi connectivity index (χ0n) is 15.0. The van der Waals surface area contributed by atoms with E-state index in [9.17, 15) is 14.7 Å². The molecule has 0 aromatic heterocycles. The summed E-state index contributed by atoms with van der Waals surface area (Å²) in [7, 11) is 0. The van der Waals surface area contributed by atoms with Crippen LogP contribution in [0.4, 0.5) is 0 Å². The number of aromatic hydroxyl groups is 1. The van der Waals surface area contributed by atoms with Crippen LogP contribution in [0.1, 0.15) is 58.5 Å². The van der Waals surface area contributed by atoms with Gasteiger partial charge in [0.2, 0.25) is 0 Å². The van der Waals surface area contributed by atoms with E-state index in [2.05, 4.69) is 19.2 Å². The average molecular weight is 353 g/mol. The van der Waals surface area contributed by atoms with Crippen molar-refractivity contribution in [2.24, 2.45) is 0 Å². The second-order valence-corrected chi connectivity index (χ2v) is 6.53. The molecule has 0 aliphatic heterocycles. The third kappa shape index (κ3) is 3.48. The largest absolute Gasteiger partial charge is 0.507 e. The van der Waals surface area contributed by atoms with Crippen molar-refractivity contribution in [1.82, 2.24) is 5.32 Å². The molecule has 0 saturated heterocycles. The molecule has 0 heterocycles. The molecule has 1 aliphatic rings. The molecule has 0 spiro atoms. The molecule has 5 heteroatoms. The fraction of sp³-hybridized carbons (Fsp3) is 0.333. The molecule has 26 heavy (non-hydrogen) atoms. The zero-order chi connectivity index (χ0) is 18.7. The van der Waals surface area contributed by atoms with Gasteiger partial charge in [0.25, 0.3) is 0 Å². The molecule has 1 unspecified atom stereocenters. The second kappa shape index (κ2) is 7.70. The molecule has 1 aliphatic carbocycles. The van der Waals surface area contributed by atoms with E-state index in [0.29, 0.717) is 29.5 Å². The number of nitrogens with one attached hydrogen (secondary N) is 1. The molecule has 2 aromatic rings. The number of phenolic OH excluding ortho intramolecular Hbond substituents is 1. The summed E-state index contributed by atoms with van der Waals surface area (Å²) in [6, 6.07) is 10.1. The number of hydrogen-bond acceptors (Lipinski definition) is 5. The third-order valence-electron chi connectivity index (χ3n) is 4.67. The average Bonchev–Trinajstić information content (AvgIpc) is 2.65. The summed E-state index contributed by atoms with van der Waals surface area (Å²) < 4.78 is 5.68. The van der Waals surface area contributed by atoms with Crippen LogP contribution in [0.5, 0.6) is 11.5 Å². The molecule has 3 rings (SSSR count). The molecule has 0 saturated carbocycles. The van der Waals surface area contributed by atoms with Gasteiger partial charge < -0.3 is 15.2 Å². The Kier molecular flexibility index (Phi) is 5.38. The summed E-state index contributed by atoms with van der Waals surface area (Å²) in [5.41, 5.74) is 0.935. The number of benzene rings is 2. The Balaban J connectivity index is 1.75. The van der Waals surface area contributed by atoms with Crippen molar-refractivity contribution in [3.8, 4) is 11.5 Å². The van der Waals surface area contributed by atoms with Crippen molar-refractivity contribution in [1.29, 1.82) is 0 Å². The highest BCUT2D eigenvalue weighted by molar-refractivity contribution is 6.29. The van der Waals surface area contributed by atoms with Gasteiger partial charge in [0.05, 0.1) is 12.2 Å². The number of hydrogen-bond donors (Lipinski definition) is 2. The van der Waals surface area contributed by atoms with E-state index in [0.717, 1.165) is 19.4 Å². The summed E-state index contributed by atoms with van der Waals surface area (Å²) in [5.74, 6) is -0.431. The normalized spacial score (nSPS) is 13.9. The highest BCUT2D eigenvalue weighted by atomic mass is 16.5. The Morgan fingerprint density at radius 3 is 2.46 bits per heavy atom. The fourth-order valence-corrected chi connectivity index (χ4v) is 3.02. The van der Waals surface area contributed by atoms with E-state index >= 15 is 0 Å². The number of rotatable bonds is 7. The van der Waals surface area contributed by atoms with Crippen molar-refractivity contribution < 1.29 is 19.4 Å². The lowest BCUT2D eigenvalue weighted by Gasteiger charge is -2.19. The first-order valence-corrected chi connectivity index (χ1v) is 8.94. The number of ketones is 2. The van der Waals surface area contributed by atoms with E-state index in [1.165, 1.54) is 6.07 Å². The first-order chi connectivity index (χ1) is 12.5. The van der Waals surface area contributed by atoms with Gasteiger partial charge in [-0.1, -0.05) is 31.2 Å². The number of ether oxygens (including phenoxy) is 1. The quantitative estimate of drug-likeness (QED) is 0.637. The van der Waals surface area contributed by atoms with Crippen molar-refractivity contribution in [3.05, 3.63) is 58.7 Å². The Hall–Kier alpha value is -2.66. The molecule has 0 bridgehead atoms. The number of carbonyl (C=O) groups is 2. The second-order valence-electron chi connectivity index (χ2n) is 6.53. The summed E-state index contributed by atoms with van der Waals surface area (Å²) in [4.78, 5) is 25.3. The van der Waals surface area contributed by atoms with Crippen molar-refractivity contribution in [2.75, 3.05) is 13.2 Å². The van der Waals surface area contributed by atoms with Gasteiger partial charge in [0, 0.05) is 28.8 Å². The van der Waals surface area contributed by atoms with Gasteiger partial charge >= 0.3 is 0 Å². The van der Waals surface area contributed by atoms with Crippen LogP contribution in [0.2, 0.25) is 0 Å². The van der Waals surface area contributed by atoms with Gasteiger partial charge in [0.1, 0.15) is 11.5 Å². The molecule has 2 N–H and O–H groups in total. The predicted octanol–water partition coefficient (Wildman–Crippen LogP) is 3.32. The summed E-state index contributed by atoms with van der Waals surface area (Å²) in [6.07, 6.45) is 1.87. The standard InChI is InChI=1S/C21H23NO4/c1-3-13(2)22-9-6-10-26-14-11-17-19(18(23)12-14)21(25)16-8-5-4-7-15(16)20(17)24/h4-5,7-8,11-13,22-23H,3,6,9-10H2,1-2H3. The van der Waals surface area contributed by atoms with Crippen molar-refractivity contribution in [3.63, 3.8) is 0 Å². The number of carbonyl (C=O) groups excluding carboxylic acids is 2. The summed E-state index contributed by atoms with van der Waals surface area (Å²) in [5, 5.41) is 13.7. The van der Waals surface area contributed by atoms with Gasteiger partial charge in [-0.3, -0.25) is 9.59 Å². The lowest BCUT2D eigenvalue weighted by molar-refractivity contribution is 0.0976. The molecule has 2 aromatic carbocycles. The third-order valence-corrected chi connectivity index (χ3v) is 4.67. The first-order valence-electron chi connectivity index (χ1n) is 8.94. The predicted molar refractivity (Wildman–Crippen MR) is 99.3 cm³/mol. The lowest BCUT2D eigenvalue weighted by Crippen LogP contribution is -2.27. The molecule has 5 nitrogen and oxygen atoms in total. The monoisotopic (exact) mass is 353 g/mol. The minimum absolute atomic E-state index is 0.0551. The van der Waals surface area contributed by atoms with Crippen LogP contribution in [0.15, 0.2) is 36.4 Å². The van der Waals surface area contributed by atoms with Gasteiger partial charge in [0.15, 0.2) is 11.6 Å². The van der Waals surface area contributed by atoms with Crippen molar-refractivity contribution in [2.45, 2.75) is 32.7 Å². The Labute approximate surface area is 153 Å².